The number of likely N-dealkylation sites (tertiary alicyclic amines) is 1. The van der Waals surface area contributed by atoms with Gasteiger partial charge in [0.1, 0.15) is 0 Å². The molecule has 1 aliphatic carbocycles. The highest BCUT2D eigenvalue weighted by molar-refractivity contribution is 7.89. The molecule has 3 aliphatic rings. The summed E-state index contributed by atoms with van der Waals surface area (Å²) in [6.07, 6.45) is 7.68. The lowest BCUT2D eigenvalue weighted by molar-refractivity contribution is -0.139. The molecule has 1 amide bonds. The third-order valence-corrected chi connectivity index (χ3v) is 8.70. The second kappa shape index (κ2) is 7.92. The minimum Gasteiger partial charge on any atom is -0.342 e. The Labute approximate surface area is 162 Å². The summed E-state index contributed by atoms with van der Waals surface area (Å²) in [7, 11) is -3.44. The van der Waals surface area contributed by atoms with Crippen molar-refractivity contribution >= 4 is 15.9 Å². The van der Waals surface area contributed by atoms with Crippen LogP contribution in [0.1, 0.15) is 44.9 Å². The van der Waals surface area contributed by atoms with Gasteiger partial charge in [-0.05, 0) is 49.7 Å². The Bertz CT molecular complexity index is 757. The maximum Gasteiger partial charge on any atom is 0.243 e. The summed E-state index contributed by atoms with van der Waals surface area (Å²) in [6.45, 7) is 2.69. The molecular weight excluding hydrogens is 360 g/mol. The molecule has 2 atom stereocenters. The number of piperidine rings is 2. The number of hydrogen-bond acceptors (Lipinski definition) is 3. The monoisotopic (exact) mass is 390 g/mol. The van der Waals surface area contributed by atoms with Crippen molar-refractivity contribution in [2.75, 3.05) is 26.2 Å². The van der Waals surface area contributed by atoms with E-state index in [1.54, 1.807) is 28.6 Å². The van der Waals surface area contributed by atoms with Gasteiger partial charge in [-0.25, -0.2) is 8.42 Å². The maximum absolute atomic E-state index is 13.0. The average molecular weight is 391 g/mol. The molecule has 0 aromatic heterocycles. The van der Waals surface area contributed by atoms with Crippen LogP contribution >= 0.6 is 0 Å². The van der Waals surface area contributed by atoms with Gasteiger partial charge in [-0.2, -0.15) is 4.31 Å². The zero-order valence-electron chi connectivity index (χ0n) is 15.9. The first kappa shape index (κ1) is 18.9. The lowest BCUT2D eigenvalue weighted by Crippen LogP contribution is -2.49. The topological polar surface area (TPSA) is 57.7 Å². The number of carbonyl (C=O) groups excluding carboxylic acids is 1. The number of carbonyl (C=O) groups is 1. The maximum atomic E-state index is 13.0. The predicted octanol–water partition coefficient (Wildman–Crippen LogP) is 3.13. The molecule has 148 valence electrons. The quantitative estimate of drug-likeness (QED) is 0.797. The Morgan fingerprint density at radius 1 is 0.852 bits per heavy atom. The van der Waals surface area contributed by atoms with Crippen LogP contribution in [-0.2, 0) is 14.8 Å². The summed E-state index contributed by atoms with van der Waals surface area (Å²) >= 11 is 0. The van der Waals surface area contributed by atoms with Crippen LogP contribution in [0.5, 0.6) is 0 Å². The molecule has 0 bridgehead atoms. The van der Waals surface area contributed by atoms with E-state index in [1.807, 2.05) is 6.07 Å². The number of fused-ring (bicyclic) bond motifs is 1. The highest BCUT2D eigenvalue weighted by Gasteiger charge is 2.37. The van der Waals surface area contributed by atoms with Gasteiger partial charge in [0.25, 0.3) is 0 Å². The van der Waals surface area contributed by atoms with E-state index in [1.165, 1.54) is 25.7 Å². The molecule has 5 nitrogen and oxygen atoms in total. The number of rotatable bonds is 3. The molecule has 1 aromatic rings. The van der Waals surface area contributed by atoms with Crippen molar-refractivity contribution in [3.05, 3.63) is 30.3 Å². The SMILES string of the molecule is O=C(C1CCN(S(=O)(=O)c2ccccc2)CC1)N1CC[C@H]2CCCC[C@@H]2C1. The molecule has 0 spiro atoms. The Morgan fingerprint density at radius 3 is 2.22 bits per heavy atom. The summed E-state index contributed by atoms with van der Waals surface area (Å²) in [5, 5.41) is 0. The van der Waals surface area contributed by atoms with E-state index in [9.17, 15) is 13.2 Å². The summed E-state index contributed by atoms with van der Waals surface area (Å²) in [5.41, 5.74) is 0. The van der Waals surface area contributed by atoms with Crippen LogP contribution in [0.3, 0.4) is 0 Å². The molecule has 2 saturated heterocycles. The van der Waals surface area contributed by atoms with Crippen molar-refractivity contribution in [3.8, 4) is 0 Å². The summed E-state index contributed by atoms with van der Waals surface area (Å²) < 4.78 is 27.0. The van der Waals surface area contributed by atoms with Gasteiger partial charge in [0.05, 0.1) is 4.90 Å². The van der Waals surface area contributed by atoms with Gasteiger partial charge < -0.3 is 4.90 Å². The van der Waals surface area contributed by atoms with Crippen LogP contribution in [0.2, 0.25) is 0 Å². The number of nitrogens with zero attached hydrogens (tertiary/aromatic N) is 2. The predicted molar refractivity (Wildman–Crippen MR) is 105 cm³/mol. The van der Waals surface area contributed by atoms with Crippen molar-refractivity contribution in [2.45, 2.75) is 49.8 Å². The number of hydrogen-bond donors (Lipinski definition) is 0. The Kier molecular flexibility index (Phi) is 5.55. The fourth-order valence-corrected chi connectivity index (χ4v) is 6.63. The second-order valence-electron chi connectivity index (χ2n) is 8.37. The first-order valence-electron chi connectivity index (χ1n) is 10.4. The smallest absolute Gasteiger partial charge is 0.243 e. The summed E-state index contributed by atoms with van der Waals surface area (Å²) in [6, 6.07) is 8.59. The lowest BCUT2D eigenvalue weighted by atomic mass is 9.75. The molecule has 2 heterocycles. The average Bonchev–Trinajstić information content (AvgIpc) is 2.73. The molecule has 3 fully saturated rings. The van der Waals surface area contributed by atoms with Crippen LogP contribution in [0.4, 0.5) is 0 Å². The van der Waals surface area contributed by atoms with E-state index in [0.717, 1.165) is 25.4 Å². The number of benzene rings is 1. The Morgan fingerprint density at radius 2 is 1.52 bits per heavy atom. The van der Waals surface area contributed by atoms with Gasteiger partial charge in [0, 0.05) is 32.1 Å². The normalized spacial score (nSPS) is 27.9. The van der Waals surface area contributed by atoms with Gasteiger partial charge >= 0.3 is 0 Å². The second-order valence-corrected chi connectivity index (χ2v) is 10.3. The van der Waals surface area contributed by atoms with E-state index >= 15 is 0 Å². The fourth-order valence-electron chi connectivity index (χ4n) is 5.14. The van der Waals surface area contributed by atoms with Crippen molar-refractivity contribution < 1.29 is 13.2 Å². The molecule has 6 heteroatoms. The zero-order valence-corrected chi connectivity index (χ0v) is 16.7. The van der Waals surface area contributed by atoms with E-state index < -0.39 is 10.0 Å². The molecule has 0 N–H and O–H groups in total. The molecule has 2 aliphatic heterocycles. The highest BCUT2D eigenvalue weighted by atomic mass is 32.2. The van der Waals surface area contributed by atoms with Crippen molar-refractivity contribution in [2.24, 2.45) is 17.8 Å². The zero-order chi connectivity index (χ0) is 18.9. The van der Waals surface area contributed by atoms with Crippen LogP contribution in [0.15, 0.2) is 35.2 Å². The minimum atomic E-state index is -3.44. The van der Waals surface area contributed by atoms with Crippen molar-refractivity contribution in [3.63, 3.8) is 0 Å². The van der Waals surface area contributed by atoms with Crippen LogP contribution in [0.25, 0.3) is 0 Å². The first-order chi connectivity index (χ1) is 13.1. The van der Waals surface area contributed by atoms with Gasteiger partial charge in [-0.15, -0.1) is 0 Å². The molecule has 1 aromatic carbocycles. The number of sulfonamides is 1. The third kappa shape index (κ3) is 3.92. The van der Waals surface area contributed by atoms with E-state index in [2.05, 4.69) is 4.90 Å². The summed E-state index contributed by atoms with van der Waals surface area (Å²) in [5.74, 6) is 1.75. The Hall–Kier alpha value is -1.40. The largest absolute Gasteiger partial charge is 0.342 e. The Balaban J connectivity index is 1.34. The van der Waals surface area contributed by atoms with Crippen molar-refractivity contribution in [1.82, 2.24) is 9.21 Å². The molecule has 1 saturated carbocycles. The standard InChI is InChI=1S/C21H30N2O3S/c24-21(22-13-10-17-6-4-5-7-19(17)16-22)18-11-14-23(15-12-18)27(25,26)20-8-2-1-3-9-20/h1-3,8-9,17-19H,4-7,10-16H2/t17-,19-/m1/s1. The van der Waals surface area contributed by atoms with Gasteiger partial charge in [-0.1, -0.05) is 37.5 Å². The summed E-state index contributed by atoms with van der Waals surface area (Å²) in [4.78, 5) is 15.4. The van der Waals surface area contributed by atoms with E-state index in [-0.39, 0.29) is 11.8 Å². The van der Waals surface area contributed by atoms with Gasteiger partial charge in [0.2, 0.25) is 15.9 Å². The van der Waals surface area contributed by atoms with Crippen LogP contribution < -0.4 is 0 Å². The minimum absolute atomic E-state index is 0.0210. The molecule has 4 rings (SSSR count). The molecule has 27 heavy (non-hydrogen) atoms. The number of amides is 1. The molecule has 0 unspecified atom stereocenters. The lowest BCUT2D eigenvalue weighted by Gasteiger charge is -2.43. The molecule has 0 radical (unpaired) electrons. The van der Waals surface area contributed by atoms with Crippen LogP contribution in [0, 0.1) is 17.8 Å². The van der Waals surface area contributed by atoms with Gasteiger partial charge in [0.15, 0.2) is 0 Å². The van der Waals surface area contributed by atoms with Crippen molar-refractivity contribution in [1.29, 1.82) is 0 Å². The third-order valence-electron chi connectivity index (χ3n) is 6.79. The van der Waals surface area contributed by atoms with E-state index in [4.69, 9.17) is 0 Å². The fraction of sp³-hybridized carbons (Fsp3) is 0.667. The first-order valence-corrected chi connectivity index (χ1v) is 11.8. The highest BCUT2D eigenvalue weighted by Crippen LogP contribution is 2.37. The molecular formula is C21H30N2O3S. The van der Waals surface area contributed by atoms with E-state index in [0.29, 0.717) is 36.7 Å². The van der Waals surface area contributed by atoms with Gasteiger partial charge in [-0.3, -0.25) is 4.79 Å². The van der Waals surface area contributed by atoms with Crippen LogP contribution in [-0.4, -0.2) is 49.7 Å².